The highest BCUT2D eigenvalue weighted by molar-refractivity contribution is 7.80. The highest BCUT2D eigenvalue weighted by atomic mass is 32.1. The zero-order chi connectivity index (χ0) is 18.0. The zero-order valence-electron chi connectivity index (χ0n) is 13.5. The standard InChI is InChI=1S/C18H17F3O2S2/c1-2-3-4-5-13-10-16(23-18(19,20)21)17(25-13)15-8-11-6-7-12(24)9-14(11)22-15/h6-10,24H,2-5H2,1H3. The average Bonchev–Trinajstić information content (AvgIpc) is 3.09. The molecule has 2 nitrogen and oxygen atoms in total. The Morgan fingerprint density at radius 1 is 1.16 bits per heavy atom. The van der Waals surface area contributed by atoms with Gasteiger partial charge in [0.1, 0.15) is 16.2 Å². The van der Waals surface area contributed by atoms with Crippen LogP contribution >= 0.6 is 24.0 Å². The Morgan fingerprint density at radius 2 is 1.96 bits per heavy atom. The van der Waals surface area contributed by atoms with E-state index in [1.54, 1.807) is 12.1 Å². The topological polar surface area (TPSA) is 22.4 Å². The monoisotopic (exact) mass is 386 g/mol. The van der Waals surface area contributed by atoms with Crippen LogP contribution in [0.25, 0.3) is 21.6 Å². The van der Waals surface area contributed by atoms with Crippen LogP contribution in [0.5, 0.6) is 5.75 Å². The molecule has 7 heteroatoms. The van der Waals surface area contributed by atoms with Crippen LogP contribution in [-0.4, -0.2) is 6.36 Å². The third kappa shape index (κ3) is 4.52. The van der Waals surface area contributed by atoms with Gasteiger partial charge in [0.05, 0.1) is 0 Å². The van der Waals surface area contributed by atoms with Gasteiger partial charge in [-0.2, -0.15) is 0 Å². The second kappa shape index (κ2) is 7.33. The van der Waals surface area contributed by atoms with Crippen molar-refractivity contribution in [3.63, 3.8) is 0 Å². The molecule has 0 N–H and O–H groups in total. The van der Waals surface area contributed by atoms with Gasteiger partial charge in [0, 0.05) is 15.2 Å². The summed E-state index contributed by atoms with van der Waals surface area (Å²) >= 11 is 5.54. The van der Waals surface area contributed by atoms with Crippen molar-refractivity contribution in [1.29, 1.82) is 0 Å². The van der Waals surface area contributed by atoms with E-state index >= 15 is 0 Å². The molecule has 3 rings (SSSR count). The number of thiophene rings is 1. The third-order valence-corrected chi connectivity index (χ3v) is 5.20. The number of benzene rings is 1. The van der Waals surface area contributed by atoms with Gasteiger partial charge in [-0.3, -0.25) is 0 Å². The smallest absolute Gasteiger partial charge is 0.455 e. The van der Waals surface area contributed by atoms with Gasteiger partial charge < -0.3 is 9.15 Å². The fourth-order valence-electron chi connectivity index (χ4n) is 2.60. The second-order valence-electron chi connectivity index (χ2n) is 5.74. The van der Waals surface area contributed by atoms with Gasteiger partial charge in [-0.15, -0.1) is 37.1 Å². The minimum Gasteiger partial charge on any atom is -0.455 e. The third-order valence-electron chi connectivity index (χ3n) is 3.73. The second-order valence-corrected chi connectivity index (χ2v) is 7.40. The SMILES string of the molecule is CCCCCc1cc(OC(F)(F)F)c(-c2cc3ccc(S)cc3o2)s1. The molecule has 2 aromatic heterocycles. The van der Waals surface area contributed by atoms with Crippen molar-refractivity contribution in [1.82, 2.24) is 0 Å². The Kier molecular flexibility index (Phi) is 5.34. The van der Waals surface area contributed by atoms with E-state index in [2.05, 4.69) is 24.3 Å². The van der Waals surface area contributed by atoms with E-state index in [9.17, 15) is 13.2 Å². The lowest BCUT2D eigenvalue weighted by Crippen LogP contribution is -2.17. The largest absolute Gasteiger partial charge is 0.573 e. The number of halogens is 3. The molecular formula is C18H17F3O2S2. The van der Waals surface area contributed by atoms with E-state index in [1.165, 1.54) is 17.4 Å². The summed E-state index contributed by atoms with van der Waals surface area (Å²) in [6.45, 7) is 2.09. The van der Waals surface area contributed by atoms with E-state index in [-0.39, 0.29) is 5.75 Å². The van der Waals surface area contributed by atoms with Gasteiger partial charge in [0.15, 0.2) is 5.75 Å². The van der Waals surface area contributed by atoms with Gasteiger partial charge in [-0.25, -0.2) is 0 Å². The highest BCUT2D eigenvalue weighted by Gasteiger charge is 2.33. The number of unbranched alkanes of at least 4 members (excludes halogenated alkanes) is 2. The maximum absolute atomic E-state index is 12.8. The molecule has 0 unspecified atom stereocenters. The van der Waals surface area contributed by atoms with Crippen LogP contribution in [0, 0.1) is 0 Å². The molecule has 0 aliphatic rings. The number of ether oxygens (including phenoxy) is 1. The first-order chi connectivity index (χ1) is 11.9. The highest BCUT2D eigenvalue weighted by Crippen LogP contribution is 2.43. The Hall–Kier alpha value is -1.60. The van der Waals surface area contributed by atoms with E-state index in [1.807, 2.05) is 12.1 Å². The molecule has 0 radical (unpaired) electrons. The average molecular weight is 386 g/mol. The maximum atomic E-state index is 12.8. The van der Waals surface area contributed by atoms with Crippen LogP contribution in [0.15, 0.2) is 39.6 Å². The number of rotatable bonds is 6. The van der Waals surface area contributed by atoms with Crippen molar-refractivity contribution in [2.75, 3.05) is 0 Å². The number of aryl methyl sites for hydroxylation is 1. The summed E-state index contributed by atoms with van der Waals surface area (Å²) in [4.78, 5) is 1.95. The molecule has 25 heavy (non-hydrogen) atoms. The summed E-state index contributed by atoms with van der Waals surface area (Å²) in [5.74, 6) is 0.175. The molecular weight excluding hydrogens is 369 g/mol. The predicted molar refractivity (Wildman–Crippen MR) is 96.7 cm³/mol. The lowest BCUT2D eigenvalue weighted by Gasteiger charge is -2.08. The number of hydrogen-bond acceptors (Lipinski definition) is 4. The molecule has 0 atom stereocenters. The van der Waals surface area contributed by atoms with Crippen LogP contribution < -0.4 is 4.74 Å². The Morgan fingerprint density at radius 3 is 2.68 bits per heavy atom. The molecule has 0 fully saturated rings. The van der Waals surface area contributed by atoms with Crippen molar-refractivity contribution in [2.24, 2.45) is 0 Å². The first-order valence-electron chi connectivity index (χ1n) is 7.97. The molecule has 0 saturated heterocycles. The van der Waals surface area contributed by atoms with Gasteiger partial charge in [0.2, 0.25) is 0 Å². The van der Waals surface area contributed by atoms with Gasteiger partial charge in [0.25, 0.3) is 0 Å². The number of fused-ring (bicyclic) bond motifs is 1. The fraction of sp³-hybridized carbons (Fsp3) is 0.333. The van der Waals surface area contributed by atoms with Crippen molar-refractivity contribution in [2.45, 2.75) is 43.9 Å². The molecule has 1 aromatic carbocycles. The lowest BCUT2D eigenvalue weighted by molar-refractivity contribution is -0.274. The summed E-state index contributed by atoms with van der Waals surface area (Å²) in [6.07, 6.45) is -0.975. The van der Waals surface area contributed by atoms with Gasteiger partial charge in [-0.05, 0) is 43.2 Å². The molecule has 2 heterocycles. The van der Waals surface area contributed by atoms with Crippen LogP contribution in [0.3, 0.4) is 0 Å². The zero-order valence-corrected chi connectivity index (χ0v) is 15.2. The number of furan rings is 1. The summed E-state index contributed by atoms with van der Waals surface area (Å²) in [6, 6.07) is 8.57. The van der Waals surface area contributed by atoms with Crippen molar-refractivity contribution < 1.29 is 22.3 Å². The predicted octanol–water partition coefficient (Wildman–Crippen LogP) is 7.08. The normalized spacial score (nSPS) is 12.0. The van der Waals surface area contributed by atoms with Gasteiger partial charge in [-0.1, -0.05) is 19.8 Å². The minimum absolute atomic E-state index is 0.200. The van der Waals surface area contributed by atoms with Crippen LogP contribution in [0.1, 0.15) is 31.1 Å². The summed E-state index contributed by atoms with van der Waals surface area (Å²) in [7, 11) is 0. The molecule has 0 saturated carbocycles. The summed E-state index contributed by atoms with van der Waals surface area (Å²) in [5.41, 5.74) is 0.585. The Balaban J connectivity index is 1.98. The van der Waals surface area contributed by atoms with Crippen molar-refractivity contribution in [3.8, 4) is 16.4 Å². The van der Waals surface area contributed by atoms with E-state index < -0.39 is 6.36 Å². The van der Waals surface area contributed by atoms with Crippen LogP contribution in [0.4, 0.5) is 13.2 Å². The minimum atomic E-state index is -4.74. The number of thiol groups is 1. The summed E-state index contributed by atoms with van der Waals surface area (Å²) in [5, 5.41) is 0.812. The van der Waals surface area contributed by atoms with E-state index in [0.29, 0.717) is 16.2 Å². The first kappa shape index (κ1) is 18.2. The fourth-order valence-corrected chi connectivity index (χ4v) is 3.87. The molecule has 0 amide bonds. The van der Waals surface area contributed by atoms with Crippen molar-refractivity contribution in [3.05, 3.63) is 35.2 Å². The Labute approximate surface area is 153 Å². The quantitative estimate of drug-likeness (QED) is 0.361. The molecule has 0 aliphatic heterocycles. The summed E-state index contributed by atoms with van der Waals surface area (Å²) < 4.78 is 48.2. The molecule has 0 spiro atoms. The lowest BCUT2D eigenvalue weighted by atomic mass is 10.2. The van der Waals surface area contributed by atoms with Crippen LogP contribution in [-0.2, 0) is 6.42 Å². The van der Waals surface area contributed by atoms with Crippen molar-refractivity contribution >= 4 is 34.9 Å². The van der Waals surface area contributed by atoms with Gasteiger partial charge >= 0.3 is 6.36 Å². The first-order valence-corrected chi connectivity index (χ1v) is 9.23. The van der Waals surface area contributed by atoms with Crippen LogP contribution in [0.2, 0.25) is 0 Å². The van der Waals surface area contributed by atoms with E-state index in [4.69, 9.17) is 4.42 Å². The van der Waals surface area contributed by atoms with E-state index in [0.717, 1.165) is 40.8 Å². The number of alkyl halides is 3. The number of hydrogen-bond donors (Lipinski definition) is 1. The maximum Gasteiger partial charge on any atom is 0.573 e. The molecule has 3 aromatic rings. The Bertz CT molecular complexity index is 865. The molecule has 134 valence electrons. The molecule has 0 bridgehead atoms. The molecule has 0 aliphatic carbocycles.